The number of rotatable bonds is 7. The fraction of sp³-hybridized carbons (Fsp3) is 0.333. The van der Waals surface area contributed by atoms with E-state index in [0.29, 0.717) is 11.5 Å². The highest BCUT2D eigenvalue weighted by Crippen LogP contribution is 2.32. The maximum atomic E-state index is 11.7. The number of aliphatic hydroxyl groups is 3. The van der Waals surface area contributed by atoms with Crippen LogP contribution in [-0.2, 0) is 16.6 Å². The van der Waals surface area contributed by atoms with E-state index in [9.17, 15) is 20.1 Å². The van der Waals surface area contributed by atoms with Crippen molar-refractivity contribution in [3.8, 4) is 11.5 Å². The molecule has 4 N–H and O–H groups in total. The Labute approximate surface area is 209 Å². The van der Waals surface area contributed by atoms with Crippen molar-refractivity contribution in [2.24, 2.45) is 7.05 Å². The first-order valence-corrected chi connectivity index (χ1v) is 11.6. The molecule has 0 unspecified atom stereocenters. The van der Waals surface area contributed by atoms with E-state index < -0.39 is 43.2 Å². The Morgan fingerprint density at radius 3 is 2.58 bits per heavy atom. The van der Waals surface area contributed by atoms with Gasteiger partial charge in [0.2, 0.25) is 23.4 Å². The zero-order valence-corrected chi connectivity index (χ0v) is 20.4. The molecule has 1 aliphatic heterocycles. The van der Waals surface area contributed by atoms with E-state index in [2.05, 4.69) is 28.1 Å². The van der Waals surface area contributed by atoms with E-state index in [-0.39, 0.29) is 0 Å². The summed E-state index contributed by atoms with van der Waals surface area (Å²) in [6.07, 6.45) is -1.08. The zero-order chi connectivity index (χ0) is 25.8. The number of aryl methyl sites for hydroxylation is 1. The highest BCUT2D eigenvalue weighted by atomic mass is 16.7. The number of pyridine rings is 1. The third-order valence-corrected chi connectivity index (χ3v) is 6.25. The molecule has 3 aromatic rings. The first kappa shape index (κ1) is 25.6. The molecule has 5 atom stereocenters. The molecule has 1 saturated heterocycles. The maximum Gasteiger partial charge on any atom is 0.223 e. The number of carbonyl (C=O) groups excluding carboxylic acids is 1. The molecule has 0 radical (unpaired) electrons. The summed E-state index contributed by atoms with van der Waals surface area (Å²) in [7, 11) is 3.52. The molecule has 36 heavy (non-hydrogen) atoms. The molecule has 0 saturated carbocycles. The zero-order valence-electron chi connectivity index (χ0n) is 20.4. The summed E-state index contributed by atoms with van der Waals surface area (Å²) >= 11 is 0. The number of nitrogens with zero attached hydrogens (tertiary/aromatic N) is 1. The topological polar surface area (TPSA) is 121 Å². The van der Waals surface area contributed by atoms with E-state index in [1.165, 1.54) is 14.0 Å². The summed E-state index contributed by atoms with van der Waals surface area (Å²) < 4.78 is 19.2. The van der Waals surface area contributed by atoms with Gasteiger partial charge in [-0.25, -0.2) is 0 Å². The largest absolute Gasteiger partial charge is 0.493 e. The molecule has 190 valence electrons. The van der Waals surface area contributed by atoms with E-state index in [1.807, 2.05) is 43.5 Å². The van der Waals surface area contributed by atoms with Crippen LogP contribution in [0.2, 0.25) is 0 Å². The minimum Gasteiger partial charge on any atom is -0.493 e. The Balaban J connectivity index is 1.57. The molecule has 1 aromatic heterocycles. The number of aliphatic hydroxyl groups excluding tert-OH is 3. The molecule has 1 aliphatic rings. The fourth-order valence-corrected chi connectivity index (χ4v) is 4.29. The molecule has 0 bridgehead atoms. The third kappa shape index (κ3) is 5.34. The van der Waals surface area contributed by atoms with Crippen LogP contribution in [0.25, 0.3) is 23.1 Å². The van der Waals surface area contributed by atoms with Gasteiger partial charge in [0.15, 0.2) is 11.5 Å². The van der Waals surface area contributed by atoms with Gasteiger partial charge in [0.25, 0.3) is 0 Å². The van der Waals surface area contributed by atoms with Crippen LogP contribution in [0.3, 0.4) is 0 Å². The van der Waals surface area contributed by atoms with Crippen molar-refractivity contribution in [1.82, 2.24) is 5.32 Å². The first-order chi connectivity index (χ1) is 17.3. The lowest BCUT2D eigenvalue weighted by Crippen LogP contribution is -2.65. The van der Waals surface area contributed by atoms with Gasteiger partial charge in [-0.3, -0.25) is 4.79 Å². The fourth-order valence-electron chi connectivity index (χ4n) is 4.29. The lowest BCUT2D eigenvalue weighted by molar-refractivity contribution is -0.646. The second-order valence-corrected chi connectivity index (χ2v) is 8.67. The predicted octanol–water partition coefficient (Wildman–Crippen LogP) is 1.17. The van der Waals surface area contributed by atoms with Crippen LogP contribution in [-0.4, -0.2) is 65.6 Å². The van der Waals surface area contributed by atoms with Gasteiger partial charge < -0.3 is 34.8 Å². The van der Waals surface area contributed by atoms with Gasteiger partial charge in [0.05, 0.1) is 13.7 Å². The summed E-state index contributed by atoms with van der Waals surface area (Å²) in [5, 5.41) is 33.9. The van der Waals surface area contributed by atoms with Crippen LogP contribution >= 0.6 is 0 Å². The van der Waals surface area contributed by atoms with Crippen molar-refractivity contribution < 1.29 is 38.9 Å². The number of aromatic nitrogens is 1. The van der Waals surface area contributed by atoms with Gasteiger partial charge in [0.1, 0.15) is 31.4 Å². The third-order valence-electron chi connectivity index (χ3n) is 6.25. The normalized spacial score (nSPS) is 24.1. The Hall–Kier alpha value is -3.50. The molecule has 2 heterocycles. The molecule has 0 spiro atoms. The van der Waals surface area contributed by atoms with Gasteiger partial charge in [-0.15, -0.1) is 0 Å². The summed E-state index contributed by atoms with van der Waals surface area (Å²) in [6.45, 7) is 0.753. The monoisotopic (exact) mass is 495 g/mol. The number of benzene rings is 2. The number of carbonyl (C=O) groups is 1. The number of amides is 1. The Morgan fingerprint density at radius 2 is 1.86 bits per heavy atom. The number of ether oxygens (including phenoxy) is 3. The predicted molar refractivity (Wildman–Crippen MR) is 133 cm³/mol. The van der Waals surface area contributed by atoms with Crippen molar-refractivity contribution in [2.45, 2.75) is 37.6 Å². The van der Waals surface area contributed by atoms with Crippen LogP contribution in [0.1, 0.15) is 18.2 Å². The number of nitrogens with one attached hydrogen (secondary N) is 1. The first-order valence-electron chi connectivity index (χ1n) is 11.6. The number of methoxy groups -OCH3 is 1. The smallest absolute Gasteiger partial charge is 0.223 e. The summed E-state index contributed by atoms with van der Waals surface area (Å²) in [4.78, 5) is 11.7. The van der Waals surface area contributed by atoms with E-state index in [4.69, 9.17) is 14.2 Å². The molecule has 9 heteroatoms. The Morgan fingerprint density at radius 1 is 1.08 bits per heavy atom. The minimum absolute atomic E-state index is 0.312. The van der Waals surface area contributed by atoms with Crippen LogP contribution in [0.4, 0.5) is 0 Å². The molecule has 0 aliphatic carbocycles. The average molecular weight is 496 g/mol. The highest BCUT2D eigenvalue weighted by Gasteiger charge is 2.46. The van der Waals surface area contributed by atoms with Crippen molar-refractivity contribution in [2.75, 3.05) is 13.7 Å². The molecule has 1 fully saturated rings. The van der Waals surface area contributed by atoms with Crippen LogP contribution in [0.15, 0.2) is 54.6 Å². The average Bonchev–Trinajstić information content (AvgIpc) is 2.88. The van der Waals surface area contributed by atoms with Crippen LogP contribution in [0.5, 0.6) is 11.5 Å². The van der Waals surface area contributed by atoms with Crippen molar-refractivity contribution in [1.29, 1.82) is 0 Å². The number of hydrogen-bond acceptors (Lipinski definition) is 7. The van der Waals surface area contributed by atoms with E-state index in [0.717, 1.165) is 22.2 Å². The molecule has 4 rings (SSSR count). The Kier molecular flexibility index (Phi) is 7.85. The van der Waals surface area contributed by atoms with Crippen molar-refractivity contribution >= 4 is 29.0 Å². The van der Waals surface area contributed by atoms with Gasteiger partial charge in [-0.1, -0.05) is 18.2 Å². The van der Waals surface area contributed by atoms with Gasteiger partial charge in [-0.2, -0.15) is 4.57 Å². The lowest BCUT2D eigenvalue weighted by Gasteiger charge is -2.42. The van der Waals surface area contributed by atoms with E-state index >= 15 is 0 Å². The van der Waals surface area contributed by atoms with Gasteiger partial charge >= 0.3 is 0 Å². The molecule has 2 aromatic carbocycles. The highest BCUT2D eigenvalue weighted by molar-refractivity contribution is 5.77. The summed E-state index contributed by atoms with van der Waals surface area (Å²) in [5.74, 6) is 0.290. The lowest BCUT2D eigenvalue weighted by atomic mass is 9.97. The number of para-hydroxylation sites is 1. The van der Waals surface area contributed by atoms with Crippen LogP contribution < -0.4 is 19.4 Å². The molecular formula is C27H31N2O7+. The van der Waals surface area contributed by atoms with Gasteiger partial charge in [-0.05, 0) is 35.9 Å². The second kappa shape index (κ2) is 11.0. The SMILES string of the molecule is COc1cc(C=Cc2ccc3ccccc3[n+]2C)ccc1O[C@@H]1O[C@H](CO)[C@@H](O)[C@H](O)[C@H]1NC(C)=O. The quantitative estimate of drug-likeness (QED) is 0.363. The van der Waals surface area contributed by atoms with Crippen molar-refractivity contribution in [3.05, 3.63) is 65.9 Å². The Bertz CT molecular complexity index is 1260. The number of hydrogen-bond donors (Lipinski definition) is 4. The second-order valence-electron chi connectivity index (χ2n) is 8.67. The maximum absolute atomic E-state index is 11.7. The summed E-state index contributed by atoms with van der Waals surface area (Å²) in [6, 6.07) is 16.5. The standard InChI is InChI=1S/C27H30N2O7/c1-16(31)28-24-26(33)25(32)23(15-30)36-27(24)35-21-13-9-17(14-22(21)34-3)8-11-19-12-10-18-6-4-5-7-20(18)29(19)2/h4-14,23-27,30,32-33H,15H2,1-3H3/p+1/t23-,24-,25-,26-,27-/m1/s1. The summed E-state index contributed by atoms with van der Waals surface area (Å²) in [5.41, 5.74) is 3.00. The van der Waals surface area contributed by atoms with E-state index in [1.54, 1.807) is 12.1 Å². The molecule has 9 nitrogen and oxygen atoms in total. The molecular weight excluding hydrogens is 464 g/mol. The van der Waals surface area contributed by atoms with Crippen LogP contribution in [0, 0.1) is 0 Å². The van der Waals surface area contributed by atoms with Gasteiger partial charge in [0, 0.05) is 30.5 Å². The molecule has 1 amide bonds. The van der Waals surface area contributed by atoms with Crippen molar-refractivity contribution in [3.63, 3.8) is 0 Å². The number of fused-ring (bicyclic) bond motifs is 1. The minimum atomic E-state index is -1.40.